The molecule has 2 heterocycles. The number of amides is 1. The smallest absolute Gasteiger partial charge is 0.257 e. The molecule has 2 aromatic heterocycles. The first-order chi connectivity index (χ1) is 14.5. The summed E-state index contributed by atoms with van der Waals surface area (Å²) in [6.07, 6.45) is 6.35. The highest BCUT2D eigenvalue weighted by Gasteiger charge is 2.21. The molecule has 7 nitrogen and oxygen atoms in total. The SMILES string of the molecule is C=CCN(CC=C)C(=O)c1cnn(-c2nccc(-c3ccc(OC)c(F)c3)n2)c1C. The standard InChI is InChI=1S/C22H22FN5O2/c1-5-11-27(12-6-2)21(29)17-14-25-28(15(17)3)22-24-10-9-19(26-22)16-7-8-20(30-4)18(23)13-16/h5-10,13-14H,1-2,11-12H2,3-4H3. The molecule has 0 aliphatic heterocycles. The molecule has 0 saturated heterocycles. The topological polar surface area (TPSA) is 73.1 Å². The van der Waals surface area contributed by atoms with E-state index in [0.29, 0.717) is 35.6 Å². The molecule has 3 rings (SSSR count). The Kier molecular flexibility index (Phi) is 6.36. The molecular formula is C22H22FN5O2. The lowest BCUT2D eigenvalue weighted by molar-refractivity contribution is 0.0790. The van der Waals surface area contributed by atoms with Crippen molar-refractivity contribution in [2.75, 3.05) is 20.2 Å². The number of nitrogens with zero attached hydrogens (tertiary/aromatic N) is 5. The highest BCUT2D eigenvalue weighted by molar-refractivity contribution is 5.95. The predicted octanol–water partition coefficient (Wildman–Crippen LogP) is 3.60. The second-order valence-electron chi connectivity index (χ2n) is 6.43. The number of hydrogen-bond donors (Lipinski definition) is 0. The van der Waals surface area contributed by atoms with Crippen LogP contribution in [-0.2, 0) is 0 Å². The first-order valence-electron chi connectivity index (χ1n) is 9.23. The number of carbonyl (C=O) groups is 1. The van der Waals surface area contributed by atoms with Crippen molar-refractivity contribution in [3.63, 3.8) is 0 Å². The van der Waals surface area contributed by atoms with Gasteiger partial charge in [0.1, 0.15) is 0 Å². The number of hydrogen-bond acceptors (Lipinski definition) is 5. The molecule has 30 heavy (non-hydrogen) atoms. The average Bonchev–Trinajstić information content (AvgIpc) is 3.14. The summed E-state index contributed by atoms with van der Waals surface area (Å²) in [5.74, 6) is -0.239. The molecule has 0 atom stereocenters. The summed E-state index contributed by atoms with van der Waals surface area (Å²) in [7, 11) is 1.41. The number of halogens is 1. The molecule has 1 aromatic carbocycles. The van der Waals surface area contributed by atoms with Gasteiger partial charge in [-0.2, -0.15) is 5.10 Å². The van der Waals surface area contributed by atoms with Crippen molar-refractivity contribution in [2.24, 2.45) is 0 Å². The highest BCUT2D eigenvalue weighted by atomic mass is 19.1. The van der Waals surface area contributed by atoms with Gasteiger partial charge in [-0.1, -0.05) is 12.2 Å². The van der Waals surface area contributed by atoms with Crippen LogP contribution in [0.15, 0.2) is 62.0 Å². The zero-order valence-corrected chi connectivity index (χ0v) is 16.9. The van der Waals surface area contributed by atoms with E-state index in [-0.39, 0.29) is 17.6 Å². The molecule has 0 saturated carbocycles. The summed E-state index contributed by atoms with van der Waals surface area (Å²) in [4.78, 5) is 23.2. The summed E-state index contributed by atoms with van der Waals surface area (Å²) >= 11 is 0. The van der Waals surface area contributed by atoms with Crippen LogP contribution >= 0.6 is 0 Å². The minimum atomic E-state index is -0.483. The van der Waals surface area contributed by atoms with Gasteiger partial charge >= 0.3 is 0 Å². The van der Waals surface area contributed by atoms with Crippen molar-refractivity contribution in [1.29, 1.82) is 0 Å². The van der Waals surface area contributed by atoms with Crippen molar-refractivity contribution < 1.29 is 13.9 Å². The molecule has 0 spiro atoms. The van der Waals surface area contributed by atoms with Gasteiger partial charge in [0.25, 0.3) is 11.9 Å². The second kappa shape index (κ2) is 9.13. The summed E-state index contributed by atoms with van der Waals surface area (Å²) in [6.45, 7) is 9.93. The number of methoxy groups -OCH3 is 1. The highest BCUT2D eigenvalue weighted by Crippen LogP contribution is 2.24. The lowest BCUT2D eigenvalue weighted by Crippen LogP contribution is -2.31. The first kappa shape index (κ1) is 20.9. The minimum absolute atomic E-state index is 0.155. The molecule has 8 heteroatoms. The zero-order valence-electron chi connectivity index (χ0n) is 16.9. The Balaban J connectivity index is 1.95. The van der Waals surface area contributed by atoms with Crippen LogP contribution in [-0.4, -0.2) is 50.8 Å². The molecule has 0 fully saturated rings. The van der Waals surface area contributed by atoms with Crippen molar-refractivity contribution in [2.45, 2.75) is 6.92 Å². The molecule has 1 amide bonds. The fourth-order valence-electron chi connectivity index (χ4n) is 2.98. The second-order valence-corrected chi connectivity index (χ2v) is 6.43. The molecule has 3 aromatic rings. The maximum Gasteiger partial charge on any atom is 0.257 e. The van der Waals surface area contributed by atoms with Crippen molar-refractivity contribution >= 4 is 5.91 Å². The fourth-order valence-corrected chi connectivity index (χ4v) is 2.98. The normalized spacial score (nSPS) is 10.5. The fraction of sp³-hybridized carbons (Fsp3) is 0.182. The van der Waals surface area contributed by atoms with Crippen LogP contribution in [0.25, 0.3) is 17.2 Å². The van der Waals surface area contributed by atoms with Crippen LogP contribution < -0.4 is 4.74 Å². The summed E-state index contributed by atoms with van der Waals surface area (Å²) < 4.78 is 20.5. The quantitative estimate of drug-likeness (QED) is 0.534. The van der Waals surface area contributed by atoms with Gasteiger partial charge in [0.2, 0.25) is 0 Å². The maximum atomic E-state index is 14.1. The van der Waals surface area contributed by atoms with Crippen molar-refractivity contribution in [1.82, 2.24) is 24.6 Å². The molecule has 154 valence electrons. The Hall–Kier alpha value is -3.81. The van der Waals surface area contributed by atoms with Gasteiger partial charge in [-0.15, -0.1) is 13.2 Å². The van der Waals surface area contributed by atoms with Crippen molar-refractivity contribution in [3.05, 3.63) is 79.0 Å². The molecule has 0 aliphatic rings. The Morgan fingerprint density at radius 1 is 1.27 bits per heavy atom. The van der Waals surface area contributed by atoms with Crippen LogP contribution in [0, 0.1) is 12.7 Å². The first-order valence-corrected chi connectivity index (χ1v) is 9.23. The number of aromatic nitrogens is 4. The molecule has 0 unspecified atom stereocenters. The van der Waals surface area contributed by atoms with Gasteiger partial charge in [0, 0.05) is 24.8 Å². The Morgan fingerprint density at radius 2 is 2.00 bits per heavy atom. The molecule has 0 radical (unpaired) electrons. The van der Waals surface area contributed by atoms with Gasteiger partial charge in [0.15, 0.2) is 11.6 Å². The Morgan fingerprint density at radius 3 is 2.63 bits per heavy atom. The monoisotopic (exact) mass is 407 g/mol. The summed E-state index contributed by atoms with van der Waals surface area (Å²) in [6, 6.07) is 6.27. The third kappa shape index (κ3) is 4.12. The van der Waals surface area contributed by atoms with Gasteiger partial charge in [0.05, 0.1) is 30.3 Å². The van der Waals surface area contributed by atoms with E-state index in [4.69, 9.17) is 4.74 Å². The van der Waals surface area contributed by atoms with Crippen molar-refractivity contribution in [3.8, 4) is 23.0 Å². The predicted molar refractivity (Wildman–Crippen MR) is 112 cm³/mol. The van der Waals surface area contributed by atoms with Crippen LogP contribution in [0.4, 0.5) is 4.39 Å². The third-order valence-corrected chi connectivity index (χ3v) is 4.51. The van der Waals surface area contributed by atoms with E-state index in [2.05, 4.69) is 28.2 Å². The van der Waals surface area contributed by atoms with Gasteiger partial charge in [-0.05, 0) is 31.2 Å². The number of benzene rings is 1. The molecule has 0 aliphatic carbocycles. The van der Waals surface area contributed by atoms with E-state index in [9.17, 15) is 9.18 Å². The molecular weight excluding hydrogens is 385 g/mol. The van der Waals surface area contributed by atoms with E-state index in [1.54, 1.807) is 42.3 Å². The number of carbonyl (C=O) groups excluding carboxylic acids is 1. The minimum Gasteiger partial charge on any atom is -0.494 e. The molecule has 0 N–H and O–H groups in total. The lowest BCUT2D eigenvalue weighted by atomic mass is 10.1. The average molecular weight is 407 g/mol. The molecule has 0 bridgehead atoms. The Labute approximate surface area is 174 Å². The van der Waals surface area contributed by atoms with E-state index in [1.165, 1.54) is 30.1 Å². The number of ether oxygens (including phenoxy) is 1. The van der Waals surface area contributed by atoms with Gasteiger partial charge in [-0.3, -0.25) is 4.79 Å². The van der Waals surface area contributed by atoms with Crippen LogP contribution in [0.3, 0.4) is 0 Å². The zero-order chi connectivity index (χ0) is 21.7. The largest absolute Gasteiger partial charge is 0.494 e. The lowest BCUT2D eigenvalue weighted by Gasteiger charge is -2.18. The van der Waals surface area contributed by atoms with E-state index in [1.807, 2.05) is 0 Å². The number of rotatable bonds is 8. The van der Waals surface area contributed by atoms with E-state index in [0.717, 1.165) is 0 Å². The van der Waals surface area contributed by atoms with Gasteiger partial charge in [-0.25, -0.2) is 19.0 Å². The van der Waals surface area contributed by atoms with Crippen LogP contribution in [0.1, 0.15) is 16.1 Å². The Bertz CT molecular complexity index is 1080. The maximum absolute atomic E-state index is 14.1. The van der Waals surface area contributed by atoms with E-state index < -0.39 is 5.82 Å². The van der Waals surface area contributed by atoms with E-state index >= 15 is 0 Å². The summed E-state index contributed by atoms with van der Waals surface area (Å²) in [5, 5.41) is 4.29. The van der Waals surface area contributed by atoms with Crippen LogP contribution in [0.2, 0.25) is 0 Å². The van der Waals surface area contributed by atoms with Gasteiger partial charge < -0.3 is 9.64 Å². The van der Waals surface area contributed by atoms with Crippen LogP contribution in [0.5, 0.6) is 5.75 Å². The summed E-state index contributed by atoms with van der Waals surface area (Å²) in [5.41, 5.74) is 2.12. The third-order valence-electron chi connectivity index (χ3n) is 4.51.